The van der Waals surface area contributed by atoms with Crippen LogP contribution in [-0.2, 0) is 0 Å². The molecule has 0 aliphatic heterocycles. The van der Waals surface area contributed by atoms with E-state index >= 15 is 0 Å². The van der Waals surface area contributed by atoms with Crippen molar-refractivity contribution in [2.24, 2.45) is 0 Å². The van der Waals surface area contributed by atoms with Crippen LogP contribution in [0.4, 0.5) is 0 Å². The molecular weight excluding hydrogens is 405 g/mol. The molecule has 0 aliphatic rings. The maximum atomic E-state index is 2.50. The van der Waals surface area contributed by atoms with Gasteiger partial charge in [0.05, 0.1) is 0 Å². The molecule has 0 N–H and O–H groups in total. The van der Waals surface area contributed by atoms with Crippen LogP contribution in [0.5, 0.6) is 0 Å². The summed E-state index contributed by atoms with van der Waals surface area (Å²) in [5.74, 6) is 0. The van der Waals surface area contributed by atoms with Gasteiger partial charge in [0.1, 0.15) is 0 Å². The van der Waals surface area contributed by atoms with Gasteiger partial charge in [0, 0.05) is 0 Å². The maximum absolute atomic E-state index is 2.50. The molecule has 0 spiro atoms. The fourth-order valence-corrected chi connectivity index (χ4v) is 12.5. The SMILES string of the molecule is Cc1ccc(Pc2ccc(C)cc2P(C(C)C)C(C)C)c(P(C(C)C)C(C)C)c1. The normalized spacial score (nSPS) is 12.4. The topological polar surface area (TPSA) is 0 Å². The molecule has 0 amide bonds. The molecule has 0 bridgehead atoms. The van der Waals surface area contributed by atoms with Crippen molar-refractivity contribution in [2.75, 3.05) is 0 Å². The lowest BCUT2D eigenvalue weighted by Crippen LogP contribution is -2.31. The highest BCUT2D eigenvalue weighted by Crippen LogP contribution is 2.47. The van der Waals surface area contributed by atoms with Crippen molar-refractivity contribution in [2.45, 2.75) is 91.9 Å². The van der Waals surface area contributed by atoms with Gasteiger partial charge in [-0.25, -0.2) is 0 Å². The van der Waals surface area contributed by atoms with E-state index in [9.17, 15) is 0 Å². The second-order valence-corrected chi connectivity index (χ2v) is 17.4. The van der Waals surface area contributed by atoms with E-state index in [1.165, 1.54) is 11.1 Å². The third-order valence-corrected chi connectivity index (χ3v) is 13.5. The van der Waals surface area contributed by atoms with E-state index in [4.69, 9.17) is 0 Å². The molecule has 0 aliphatic carbocycles. The fraction of sp³-hybridized carbons (Fsp3) is 0.538. The molecule has 29 heavy (non-hydrogen) atoms. The Kier molecular flexibility index (Phi) is 9.35. The summed E-state index contributed by atoms with van der Waals surface area (Å²) in [5.41, 5.74) is 5.68. The summed E-state index contributed by atoms with van der Waals surface area (Å²) in [5, 5.41) is 6.45. The van der Waals surface area contributed by atoms with E-state index in [0.717, 1.165) is 31.2 Å². The molecule has 0 saturated heterocycles. The molecule has 0 nitrogen and oxygen atoms in total. The van der Waals surface area contributed by atoms with Crippen LogP contribution in [0.3, 0.4) is 0 Å². The minimum Gasteiger partial charge on any atom is -0.0694 e. The van der Waals surface area contributed by atoms with Gasteiger partial charge in [0.25, 0.3) is 0 Å². The van der Waals surface area contributed by atoms with Gasteiger partial charge in [0.15, 0.2) is 0 Å². The summed E-state index contributed by atoms with van der Waals surface area (Å²) in [6.07, 6.45) is 0. The quantitative estimate of drug-likeness (QED) is 0.392. The molecule has 0 heterocycles. The molecule has 3 heteroatoms. The summed E-state index contributed by atoms with van der Waals surface area (Å²) < 4.78 is 0. The van der Waals surface area contributed by atoms with Crippen molar-refractivity contribution < 1.29 is 0 Å². The van der Waals surface area contributed by atoms with Gasteiger partial charge >= 0.3 is 0 Å². The standard InChI is InChI=1S/C26H41P3/c1-17(2)28(18(3)4)25-15-21(9)11-13-23(25)27-24-14-12-22(10)16-26(24)29(19(5)6)20(7)8/h11-20,27H,1-10H3. The molecule has 0 saturated carbocycles. The monoisotopic (exact) mass is 446 g/mol. The van der Waals surface area contributed by atoms with Crippen LogP contribution in [0.2, 0.25) is 0 Å². The average molecular weight is 447 g/mol. The average Bonchev–Trinajstić information content (AvgIpc) is 2.58. The maximum Gasteiger partial charge on any atom is -0.0149 e. The molecule has 0 fully saturated rings. The minimum absolute atomic E-state index is 0.151. The van der Waals surface area contributed by atoms with Crippen LogP contribution in [0.15, 0.2) is 36.4 Å². The molecule has 2 aromatic carbocycles. The van der Waals surface area contributed by atoms with Gasteiger partial charge in [-0.1, -0.05) is 127 Å². The van der Waals surface area contributed by atoms with Crippen molar-refractivity contribution in [1.82, 2.24) is 0 Å². The Morgan fingerprint density at radius 3 is 1.14 bits per heavy atom. The molecule has 2 rings (SSSR count). The van der Waals surface area contributed by atoms with E-state index in [1.54, 1.807) is 21.2 Å². The molecule has 160 valence electrons. The third-order valence-electron chi connectivity index (χ3n) is 5.36. The highest BCUT2D eigenvalue weighted by atomic mass is 31.1. The lowest BCUT2D eigenvalue weighted by atomic mass is 10.2. The molecule has 2 aromatic rings. The molecule has 0 unspecified atom stereocenters. The highest BCUT2D eigenvalue weighted by Gasteiger charge is 2.25. The van der Waals surface area contributed by atoms with Crippen LogP contribution < -0.4 is 21.2 Å². The Morgan fingerprint density at radius 2 is 0.862 bits per heavy atom. The number of aryl methyl sites for hydroxylation is 2. The van der Waals surface area contributed by atoms with Crippen molar-refractivity contribution in [3.8, 4) is 0 Å². The first kappa shape index (κ1) is 25.0. The van der Waals surface area contributed by atoms with Gasteiger partial charge in [0.2, 0.25) is 0 Å². The van der Waals surface area contributed by atoms with Crippen LogP contribution in [0.1, 0.15) is 66.5 Å². The lowest BCUT2D eigenvalue weighted by Gasteiger charge is -2.31. The lowest BCUT2D eigenvalue weighted by molar-refractivity contribution is 1.02. The first-order valence-corrected chi connectivity index (χ1v) is 15.0. The molecule has 0 aromatic heterocycles. The molecular formula is C26H41P3. The van der Waals surface area contributed by atoms with Gasteiger partial charge in [-0.15, -0.1) is 0 Å². The Hall–Kier alpha value is -0.270. The zero-order chi connectivity index (χ0) is 21.9. The fourth-order valence-electron chi connectivity index (χ4n) is 4.37. The number of rotatable bonds is 8. The molecule has 0 atom stereocenters. The van der Waals surface area contributed by atoms with Gasteiger partial charge in [-0.05, 0) is 57.7 Å². The van der Waals surface area contributed by atoms with Crippen molar-refractivity contribution in [1.29, 1.82) is 0 Å². The van der Waals surface area contributed by atoms with Crippen molar-refractivity contribution in [3.63, 3.8) is 0 Å². The van der Waals surface area contributed by atoms with Crippen molar-refractivity contribution >= 4 is 45.6 Å². The van der Waals surface area contributed by atoms with Gasteiger partial charge in [-0.2, -0.15) is 0 Å². The first-order chi connectivity index (χ1) is 13.5. The van der Waals surface area contributed by atoms with Crippen molar-refractivity contribution in [3.05, 3.63) is 47.5 Å². The van der Waals surface area contributed by atoms with Crippen LogP contribution in [-0.4, -0.2) is 22.6 Å². The zero-order valence-electron chi connectivity index (χ0n) is 20.2. The van der Waals surface area contributed by atoms with E-state index in [-0.39, 0.29) is 15.8 Å². The van der Waals surface area contributed by atoms with Crippen LogP contribution in [0, 0.1) is 13.8 Å². The summed E-state index contributed by atoms with van der Waals surface area (Å²) in [7, 11) is 0.454. The highest BCUT2D eigenvalue weighted by molar-refractivity contribution is 7.72. The summed E-state index contributed by atoms with van der Waals surface area (Å²) in [6, 6.07) is 14.5. The first-order valence-electron chi connectivity index (χ1n) is 11.1. The van der Waals surface area contributed by atoms with E-state index in [2.05, 4.69) is 106 Å². The number of hydrogen-bond donors (Lipinski definition) is 0. The summed E-state index contributed by atoms with van der Waals surface area (Å²) in [6.45, 7) is 23.8. The Labute approximate surface area is 185 Å². The summed E-state index contributed by atoms with van der Waals surface area (Å²) in [4.78, 5) is 0. The predicted octanol–water partition coefficient (Wildman–Crippen LogP) is 6.78. The second kappa shape index (κ2) is 10.9. The Morgan fingerprint density at radius 1 is 0.552 bits per heavy atom. The van der Waals surface area contributed by atoms with E-state index in [1.807, 2.05) is 0 Å². The summed E-state index contributed by atoms with van der Waals surface area (Å²) >= 11 is 0. The smallest absolute Gasteiger partial charge is 0.0149 e. The zero-order valence-corrected chi connectivity index (χ0v) is 23.0. The largest absolute Gasteiger partial charge is 0.0694 e. The van der Waals surface area contributed by atoms with Gasteiger partial charge in [-0.3, -0.25) is 0 Å². The van der Waals surface area contributed by atoms with E-state index in [0.29, 0.717) is 0 Å². The van der Waals surface area contributed by atoms with Crippen LogP contribution >= 0.6 is 24.4 Å². The van der Waals surface area contributed by atoms with Crippen LogP contribution in [0.25, 0.3) is 0 Å². The Bertz CT molecular complexity index is 722. The Balaban J connectivity index is 2.58. The number of hydrogen-bond acceptors (Lipinski definition) is 0. The predicted molar refractivity (Wildman–Crippen MR) is 144 cm³/mol. The molecule has 0 radical (unpaired) electrons. The third kappa shape index (κ3) is 6.36. The van der Waals surface area contributed by atoms with E-state index < -0.39 is 0 Å². The minimum atomic E-state index is -0.151. The number of benzene rings is 2. The van der Waals surface area contributed by atoms with Gasteiger partial charge < -0.3 is 0 Å². The second-order valence-electron chi connectivity index (χ2n) is 9.36.